The topological polar surface area (TPSA) is 79.2 Å². The lowest BCUT2D eigenvalue weighted by Crippen LogP contribution is -2.21. The Hall–Kier alpha value is -2.18. The number of aliphatic hydroxyl groups is 1. The van der Waals surface area contributed by atoms with Crippen molar-refractivity contribution in [2.45, 2.75) is 52.7 Å². The number of carbonyl (C=O) groups excluding carboxylic acids is 1. The average Bonchev–Trinajstić information content (AvgIpc) is 2.86. The highest BCUT2D eigenvalue weighted by molar-refractivity contribution is 5.93. The van der Waals surface area contributed by atoms with E-state index >= 15 is 0 Å². The Kier molecular flexibility index (Phi) is 5.20. The molecule has 6 heteroatoms. The smallest absolute Gasteiger partial charge is 0.224 e. The summed E-state index contributed by atoms with van der Waals surface area (Å²) in [5.74, 6) is 0.0947. The van der Waals surface area contributed by atoms with Crippen molar-refractivity contribution in [3.63, 3.8) is 0 Å². The fourth-order valence-corrected chi connectivity index (χ4v) is 3.35. The van der Waals surface area contributed by atoms with E-state index in [0.717, 1.165) is 30.0 Å². The Balaban J connectivity index is 1.69. The number of hydrogen-bond donors (Lipinski definition) is 3. The van der Waals surface area contributed by atoms with Gasteiger partial charge in [-0.3, -0.25) is 9.48 Å². The Labute approximate surface area is 148 Å². The van der Waals surface area contributed by atoms with E-state index in [1.165, 1.54) is 16.7 Å². The summed E-state index contributed by atoms with van der Waals surface area (Å²) in [6.07, 6.45) is 1.36. The van der Waals surface area contributed by atoms with Crippen molar-refractivity contribution in [1.29, 1.82) is 0 Å². The molecule has 0 unspecified atom stereocenters. The highest BCUT2D eigenvalue weighted by Crippen LogP contribution is 2.26. The molecule has 6 nitrogen and oxygen atoms in total. The van der Waals surface area contributed by atoms with Crippen molar-refractivity contribution in [1.82, 2.24) is 15.1 Å². The number of nitrogens with zero attached hydrogens (tertiary/aromatic N) is 2. The second-order valence-electron chi connectivity index (χ2n) is 6.66. The van der Waals surface area contributed by atoms with Gasteiger partial charge < -0.3 is 15.7 Å². The monoisotopic (exact) mass is 342 g/mol. The number of amides is 1. The van der Waals surface area contributed by atoms with E-state index in [9.17, 15) is 4.79 Å². The Morgan fingerprint density at radius 1 is 1.36 bits per heavy atom. The normalized spacial score (nSPS) is 15.0. The number of rotatable bonds is 6. The minimum atomic E-state index is 0.0941. The summed E-state index contributed by atoms with van der Waals surface area (Å²) in [5.41, 5.74) is 6.63. The summed E-state index contributed by atoms with van der Waals surface area (Å²) in [6, 6.07) is 6.44. The van der Waals surface area contributed by atoms with Crippen LogP contribution in [0.15, 0.2) is 18.2 Å². The Bertz CT molecular complexity index is 782. The first-order valence-electron chi connectivity index (χ1n) is 8.79. The first-order chi connectivity index (χ1) is 12.0. The van der Waals surface area contributed by atoms with Gasteiger partial charge >= 0.3 is 0 Å². The summed E-state index contributed by atoms with van der Waals surface area (Å²) >= 11 is 0. The number of carbonyl (C=O) groups is 1. The molecule has 1 aliphatic heterocycles. The van der Waals surface area contributed by atoms with Crippen molar-refractivity contribution in [2.24, 2.45) is 0 Å². The predicted octanol–water partition coefficient (Wildman–Crippen LogP) is 2.23. The van der Waals surface area contributed by atoms with Crippen molar-refractivity contribution in [2.75, 3.05) is 11.9 Å². The molecule has 0 bridgehead atoms. The molecule has 1 amide bonds. The molecule has 0 radical (unpaired) electrons. The maximum absolute atomic E-state index is 11.5. The van der Waals surface area contributed by atoms with Crippen LogP contribution in [0.3, 0.4) is 0 Å². The Morgan fingerprint density at radius 3 is 2.92 bits per heavy atom. The molecule has 0 saturated heterocycles. The van der Waals surface area contributed by atoms with Crippen molar-refractivity contribution in [3.05, 3.63) is 46.3 Å². The van der Waals surface area contributed by atoms with Gasteiger partial charge in [0.1, 0.15) is 0 Å². The van der Waals surface area contributed by atoms with E-state index in [0.29, 0.717) is 13.0 Å². The highest BCUT2D eigenvalue weighted by Gasteiger charge is 2.17. The average molecular weight is 342 g/mol. The maximum Gasteiger partial charge on any atom is 0.224 e. The molecular formula is C19H26N4O2. The summed E-state index contributed by atoms with van der Waals surface area (Å²) in [5, 5.41) is 20.1. The molecular weight excluding hydrogens is 316 g/mol. The largest absolute Gasteiger partial charge is 0.394 e. The summed E-state index contributed by atoms with van der Waals surface area (Å²) in [6.45, 7) is 7.54. The van der Waals surface area contributed by atoms with Gasteiger partial charge in [-0.25, -0.2) is 0 Å². The molecule has 1 atom stereocenters. The van der Waals surface area contributed by atoms with E-state index < -0.39 is 0 Å². The third-order valence-electron chi connectivity index (χ3n) is 4.95. The van der Waals surface area contributed by atoms with E-state index in [2.05, 4.69) is 34.8 Å². The fourth-order valence-electron chi connectivity index (χ4n) is 3.35. The van der Waals surface area contributed by atoms with Crippen molar-refractivity contribution in [3.8, 4) is 0 Å². The number of nitrogens with one attached hydrogen (secondary N) is 2. The van der Waals surface area contributed by atoms with Crippen LogP contribution in [0.2, 0.25) is 0 Å². The SMILES string of the molecule is Cc1nn(CCO)c(C)c1CN[C@@H](C)c1ccc2c(c1)CCC(=O)N2. The van der Waals surface area contributed by atoms with E-state index in [-0.39, 0.29) is 18.6 Å². The van der Waals surface area contributed by atoms with Gasteiger partial charge in [0.2, 0.25) is 5.91 Å². The first kappa shape index (κ1) is 17.6. The zero-order valence-electron chi connectivity index (χ0n) is 15.1. The lowest BCUT2D eigenvalue weighted by Gasteiger charge is -2.20. The first-order valence-corrected chi connectivity index (χ1v) is 8.79. The molecule has 134 valence electrons. The molecule has 2 heterocycles. The van der Waals surface area contributed by atoms with Crippen LogP contribution in [0.4, 0.5) is 5.69 Å². The summed E-state index contributed by atoms with van der Waals surface area (Å²) in [4.78, 5) is 11.5. The van der Waals surface area contributed by atoms with E-state index in [1.807, 2.05) is 24.6 Å². The molecule has 0 saturated carbocycles. The standard InChI is InChI=1S/C19H26N4O2/c1-12(15-4-6-18-16(10-15)5-7-19(25)21-18)20-11-17-13(2)22-23(8-9-24)14(17)3/h4,6,10,12,20,24H,5,7-9,11H2,1-3H3,(H,21,25)/t12-/m0/s1. The molecule has 2 aromatic rings. The van der Waals surface area contributed by atoms with Crippen LogP contribution in [0.5, 0.6) is 0 Å². The number of anilines is 1. The molecule has 25 heavy (non-hydrogen) atoms. The zero-order chi connectivity index (χ0) is 18.0. The van der Waals surface area contributed by atoms with Crippen LogP contribution in [0, 0.1) is 13.8 Å². The molecule has 0 aliphatic carbocycles. The lowest BCUT2D eigenvalue weighted by atomic mass is 9.97. The van der Waals surface area contributed by atoms with Gasteiger partial charge in [-0.05, 0) is 44.4 Å². The third-order valence-corrected chi connectivity index (χ3v) is 4.95. The molecule has 1 aliphatic rings. The Morgan fingerprint density at radius 2 is 2.16 bits per heavy atom. The fraction of sp³-hybridized carbons (Fsp3) is 0.474. The number of benzene rings is 1. The van der Waals surface area contributed by atoms with Gasteiger partial charge in [-0.15, -0.1) is 0 Å². The van der Waals surface area contributed by atoms with Gasteiger partial charge in [0.25, 0.3) is 0 Å². The van der Waals surface area contributed by atoms with Crippen LogP contribution in [0.25, 0.3) is 0 Å². The molecule has 0 fully saturated rings. The highest BCUT2D eigenvalue weighted by atomic mass is 16.3. The van der Waals surface area contributed by atoms with Crippen LogP contribution in [0.1, 0.15) is 47.5 Å². The molecule has 3 rings (SSSR count). The second kappa shape index (κ2) is 7.37. The van der Waals surface area contributed by atoms with Gasteiger partial charge in [-0.1, -0.05) is 12.1 Å². The zero-order valence-corrected chi connectivity index (χ0v) is 15.1. The molecule has 0 spiro atoms. The third kappa shape index (κ3) is 3.75. The second-order valence-corrected chi connectivity index (χ2v) is 6.66. The molecule has 3 N–H and O–H groups in total. The number of fused-ring (bicyclic) bond motifs is 1. The van der Waals surface area contributed by atoms with Crippen molar-refractivity contribution >= 4 is 11.6 Å². The van der Waals surface area contributed by atoms with Gasteiger partial charge in [0.05, 0.1) is 18.8 Å². The van der Waals surface area contributed by atoms with E-state index in [1.54, 1.807) is 0 Å². The van der Waals surface area contributed by atoms with Crippen LogP contribution in [-0.2, 0) is 24.3 Å². The lowest BCUT2D eigenvalue weighted by molar-refractivity contribution is -0.116. The number of aryl methyl sites for hydroxylation is 2. The number of aliphatic hydroxyl groups excluding tert-OH is 1. The van der Waals surface area contributed by atoms with E-state index in [4.69, 9.17) is 5.11 Å². The van der Waals surface area contributed by atoms with Gasteiger partial charge in [-0.2, -0.15) is 5.10 Å². The summed E-state index contributed by atoms with van der Waals surface area (Å²) in [7, 11) is 0. The number of hydrogen-bond acceptors (Lipinski definition) is 4. The molecule has 1 aromatic carbocycles. The van der Waals surface area contributed by atoms with Crippen LogP contribution in [-0.4, -0.2) is 27.4 Å². The molecule has 1 aromatic heterocycles. The summed E-state index contributed by atoms with van der Waals surface area (Å²) < 4.78 is 1.86. The van der Waals surface area contributed by atoms with Gasteiger partial charge in [0, 0.05) is 36.0 Å². The van der Waals surface area contributed by atoms with Crippen molar-refractivity contribution < 1.29 is 9.90 Å². The minimum Gasteiger partial charge on any atom is -0.394 e. The maximum atomic E-state index is 11.5. The quantitative estimate of drug-likeness (QED) is 0.752. The van der Waals surface area contributed by atoms with Crippen LogP contribution >= 0.6 is 0 Å². The minimum absolute atomic E-state index is 0.0941. The number of aromatic nitrogens is 2. The predicted molar refractivity (Wildman–Crippen MR) is 97.4 cm³/mol. The van der Waals surface area contributed by atoms with Gasteiger partial charge in [0.15, 0.2) is 0 Å². The van der Waals surface area contributed by atoms with Crippen LogP contribution < -0.4 is 10.6 Å².